The molecule has 172 valence electrons. The number of allylic oxidation sites excluding steroid dienone is 1. The fraction of sp³-hybridized carbons (Fsp3) is 0.929. The van der Waals surface area contributed by atoms with Gasteiger partial charge in [0.05, 0.1) is 6.10 Å². The van der Waals surface area contributed by atoms with Crippen molar-refractivity contribution >= 4 is 0 Å². The number of rotatable bonds is 7. The molecule has 0 radical (unpaired) electrons. The number of fused-ring (bicyclic) bond motifs is 5. The van der Waals surface area contributed by atoms with Crippen LogP contribution in [0.1, 0.15) is 98.3 Å². The highest BCUT2D eigenvalue weighted by Gasteiger charge is 2.59. The normalized spacial score (nSPS) is 45.1. The van der Waals surface area contributed by atoms with E-state index in [9.17, 15) is 5.11 Å². The Morgan fingerprint density at radius 1 is 1.07 bits per heavy atom. The second-order valence-corrected chi connectivity index (χ2v) is 12.4. The summed E-state index contributed by atoms with van der Waals surface area (Å²) in [5.74, 6) is 5.17. The molecule has 4 aliphatic rings. The maximum Gasteiger partial charge on any atom is 0.0577 e. The lowest BCUT2D eigenvalue weighted by molar-refractivity contribution is -0.0573. The molecule has 0 aromatic carbocycles. The Bertz CT molecular complexity index is 626. The van der Waals surface area contributed by atoms with Gasteiger partial charge < -0.3 is 9.84 Å². The zero-order valence-electron chi connectivity index (χ0n) is 20.5. The van der Waals surface area contributed by atoms with Crippen LogP contribution in [0.2, 0.25) is 0 Å². The largest absolute Gasteiger partial charge is 0.393 e. The van der Waals surface area contributed by atoms with Crippen LogP contribution in [0, 0.1) is 46.3 Å². The molecule has 0 aromatic heterocycles. The average Bonchev–Trinajstić information content (AvgIpc) is 3.06. The van der Waals surface area contributed by atoms with Crippen molar-refractivity contribution in [1.29, 1.82) is 0 Å². The maximum absolute atomic E-state index is 10.2. The van der Waals surface area contributed by atoms with Crippen LogP contribution >= 0.6 is 0 Å². The fourth-order valence-electron chi connectivity index (χ4n) is 8.97. The van der Waals surface area contributed by atoms with Crippen molar-refractivity contribution in [3.8, 4) is 0 Å². The van der Waals surface area contributed by atoms with Crippen molar-refractivity contribution in [3.05, 3.63) is 11.6 Å². The minimum absolute atomic E-state index is 0.0851. The Morgan fingerprint density at radius 2 is 1.87 bits per heavy atom. The maximum atomic E-state index is 10.2. The number of aliphatic hydroxyl groups is 1. The monoisotopic (exact) mass is 416 g/mol. The van der Waals surface area contributed by atoms with Crippen LogP contribution in [0.5, 0.6) is 0 Å². The Labute approximate surface area is 186 Å². The molecular formula is C28H48O2. The van der Waals surface area contributed by atoms with E-state index in [4.69, 9.17) is 4.74 Å². The SMILES string of the molecule is COC[C@H](C)CCC[C@@H](C)[C@H]1CC[C@H]2[C@@H]3CC=C4C[C@@H](O)CC[C@]4(C)[C@H]3CC[C@]12C. The van der Waals surface area contributed by atoms with E-state index in [0.29, 0.717) is 16.7 Å². The van der Waals surface area contributed by atoms with Gasteiger partial charge in [0.15, 0.2) is 0 Å². The van der Waals surface area contributed by atoms with Crippen molar-refractivity contribution in [1.82, 2.24) is 0 Å². The van der Waals surface area contributed by atoms with E-state index >= 15 is 0 Å². The molecule has 4 aliphatic carbocycles. The minimum Gasteiger partial charge on any atom is -0.393 e. The molecule has 2 heteroatoms. The van der Waals surface area contributed by atoms with Crippen LogP contribution in [0.25, 0.3) is 0 Å². The Morgan fingerprint density at radius 3 is 2.63 bits per heavy atom. The molecule has 0 bridgehead atoms. The lowest BCUT2D eigenvalue weighted by Gasteiger charge is -2.58. The Kier molecular flexibility index (Phi) is 6.77. The molecule has 3 fully saturated rings. The van der Waals surface area contributed by atoms with Gasteiger partial charge in [-0.1, -0.05) is 52.2 Å². The number of ether oxygens (including phenoxy) is 1. The minimum atomic E-state index is -0.0851. The third-order valence-corrected chi connectivity index (χ3v) is 10.6. The second kappa shape index (κ2) is 8.89. The highest BCUT2D eigenvalue weighted by atomic mass is 16.5. The van der Waals surface area contributed by atoms with Gasteiger partial charge in [-0.2, -0.15) is 0 Å². The van der Waals surface area contributed by atoms with Gasteiger partial charge >= 0.3 is 0 Å². The summed E-state index contributed by atoms with van der Waals surface area (Å²) in [5.41, 5.74) is 2.55. The van der Waals surface area contributed by atoms with Crippen LogP contribution in [0.4, 0.5) is 0 Å². The molecule has 0 saturated heterocycles. The Hall–Kier alpha value is -0.340. The Balaban J connectivity index is 1.42. The molecule has 30 heavy (non-hydrogen) atoms. The standard InChI is InChI=1S/C28H48O2/c1-19(18-30-5)7-6-8-20(2)24-11-12-25-23-10-9-21-17-22(29)13-15-27(21,3)26(23)14-16-28(24,25)4/h9,19-20,22-26,29H,6-8,10-18H2,1-5H3/t19-,20-,22+,23+,24-,25+,26+,27+,28-/m1/s1. The van der Waals surface area contributed by atoms with Crippen molar-refractivity contribution < 1.29 is 9.84 Å². The fourth-order valence-corrected chi connectivity index (χ4v) is 8.97. The van der Waals surface area contributed by atoms with E-state index in [1.165, 1.54) is 57.8 Å². The van der Waals surface area contributed by atoms with Crippen molar-refractivity contribution in [2.75, 3.05) is 13.7 Å². The van der Waals surface area contributed by atoms with Gasteiger partial charge in [-0.25, -0.2) is 0 Å². The van der Waals surface area contributed by atoms with E-state index in [1.54, 1.807) is 5.57 Å². The van der Waals surface area contributed by atoms with Crippen molar-refractivity contribution in [2.45, 2.75) is 104 Å². The van der Waals surface area contributed by atoms with Gasteiger partial charge in [0.2, 0.25) is 0 Å². The zero-order valence-corrected chi connectivity index (χ0v) is 20.5. The summed E-state index contributed by atoms with van der Waals surface area (Å²) in [5, 5.41) is 10.2. The molecule has 9 atom stereocenters. The molecule has 0 spiro atoms. The smallest absolute Gasteiger partial charge is 0.0577 e. The molecule has 0 heterocycles. The average molecular weight is 417 g/mol. The van der Waals surface area contributed by atoms with Crippen LogP contribution in [0.3, 0.4) is 0 Å². The summed E-state index contributed by atoms with van der Waals surface area (Å²) in [7, 11) is 1.83. The lowest BCUT2D eigenvalue weighted by Crippen LogP contribution is -2.50. The van der Waals surface area contributed by atoms with E-state index in [0.717, 1.165) is 49.0 Å². The lowest BCUT2D eigenvalue weighted by atomic mass is 9.47. The van der Waals surface area contributed by atoms with Gasteiger partial charge in [0.25, 0.3) is 0 Å². The molecule has 4 rings (SSSR count). The predicted molar refractivity (Wildman–Crippen MR) is 125 cm³/mol. The van der Waals surface area contributed by atoms with E-state index in [-0.39, 0.29) is 6.10 Å². The molecule has 0 unspecified atom stereocenters. The van der Waals surface area contributed by atoms with Crippen LogP contribution in [0.15, 0.2) is 11.6 Å². The predicted octanol–water partition coefficient (Wildman–Crippen LogP) is 7.02. The number of hydrogen-bond donors (Lipinski definition) is 1. The van der Waals surface area contributed by atoms with Crippen molar-refractivity contribution in [2.24, 2.45) is 46.3 Å². The first-order valence-corrected chi connectivity index (χ1v) is 13.2. The molecule has 1 N–H and O–H groups in total. The topological polar surface area (TPSA) is 29.5 Å². The molecule has 0 amide bonds. The highest BCUT2D eigenvalue weighted by molar-refractivity contribution is 5.25. The van der Waals surface area contributed by atoms with Crippen LogP contribution in [-0.4, -0.2) is 24.9 Å². The quantitative estimate of drug-likeness (QED) is 0.452. The summed E-state index contributed by atoms with van der Waals surface area (Å²) in [6, 6.07) is 0. The first-order valence-electron chi connectivity index (χ1n) is 13.2. The molecule has 2 nitrogen and oxygen atoms in total. The van der Waals surface area contributed by atoms with Crippen LogP contribution < -0.4 is 0 Å². The third kappa shape index (κ3) is 3.94. The summed E-state index contributed by atoms with van der Waals surface area (Å²) < 4.78 is 5.33. The third-order valence-electron chi connectivity index (χ3n) is 10.6. The van der Waals surface area contributed by atoms with E-state index in [1.807, 2.05) is 7.11 Å². The summed E-state index contributed by atoms with van der Waals surface area (Å²) in [6.07, 6.45) is 16.8. The van der Waals surface area contributed by atoms with Gasteiger partial charge in [-0.05, 0) is 104 Å². The summed E-state index contributed by atoms with van der Waals surface area (Å²) in [4.78, 5) is 0. The highest BCUT2D eigenvalue weighted by Crippen LogP contribution is 2.67. The van der Waals surface area contributed by atoms with Gasteiger partial charge in [0, 0.05) is 13.7 Å². The molecule has 0 aliphatic heterocycles. The second-order valence-electron chi connectivity index (χ2n) is 12.4. The number of hydrogen-bond acceptors (Lipinski definition) is 2. The summed E-state index contributed by atoms with van der Waals surface area (Å²) in [6.45, 7) is 11.0. The molecular weight excluding hydrogens is 368 g/mol. The summed E-state index contributed by atoms with van der Waals surface area (Å²) >= 11 is 0. The zero-order chi connectivity index (χ0) is 21.5. The first-order chi connectivity index (χ1) is 14.3. The van der Waals surface area contributed by atoms with Crippen LogP contribution in [-0.2, 0) is 4.74 Å². The molecule has 0 aromatic rings. The number of methoxy groups -OCH3 is 1. The number of aliphatic hydroxyl groups excluding tert-OH is 1. The van der Waals surface area contributed by atoms with Gasteiger partial charge in [-0.15, -0.1) is 0 Å². The van der Waals surface area contributed by atoms with E-state index in [2.05, 4.69) is 33.8 Å². The molecule has 3 saturated carbocycles. The van der Waals surface area contributed by atoms with Crippen molar-refractivity contribution in [3.63, 3.8) is 0 Å². The van der Waals surface area contributed by atoms with Gasteiger partial charge in [0.1, 0.15) is 0 Å². The van der Waals surface area contributed by atoms with E-state index < -0.39 is 0 Å². The first kappa shape index (κ1) is 22.8. The van der Waals surface area contributed by atoms with Gasteiger partial charge in [-0.3, -0.25) is 0 Å².